The van der Waals surface area contributed by atoms with Crippen LogP contribution in [-0.4, -0.2) is 54.4 Å². The van der Waals surface area contributed by atoms with Gasteiger partial charge in [-0.2, -0.15) is 11.8 Å². The molecule has 0 radical (unpaired) electrons. The van der Waals surface area contributed by atoms with Gasteiger partial charge in [-0.3, -0.25) is 4.99 Å². The van der Waals surface area contributed by atoms with Crippen molar-refractivity contribution in [2.75, 3.05) is 32.4 Å². The van der Waals surface area contributed by atoms with E-state index in [1.807, 2.05) is 30.3 Å². The Bertz CT molecular complexity index is 782. The third-order valence-corrected chi connectivity index (χ3v) is 5.96. The van der Waals surface area contributed by atoms with E-state index in [9.17, 15) is 4.79 Å². The molecule has 2 heterocycles. The lowest BCUT2D eigenvalue weighted by Gasteiger charge is -2.15. The smallest absolute Gasteiger partial charge is 0.407 e. The highest BCUT2D eigenvalue weighted by atomic mass is 32.2. The van der Waals surface area contributed by atoms with Crippen molar-refractivity contribution in [3.05, 3.63) is 52.0 Å². The number of carbonyl (C=O) groups excluding carboxylic acids is 1. The number of benzene rings is 1. The summed E-state index contributed by atoms with van der Waals surface area (Å²) in [6.45, 7) is 3.55. The summed E-state index contributed by atoms with van der Waals surface area (Å²) in [5, 5.41) is 9.25. The average Bonchev–Trinajstić information content (AvgIpc) is 3.36. The largest absolute Gasteiger partial charge is 0.445 e. The lowest BCUT2D eigenvalue weighted by atomic mass is 10.2. The summed E-state index contributed by atoms with van der Waals surface area (Å²) in [6, 6.07) is 9.65. The van der Waals surface area contributed by atoms with Crippen molar-refractivity contribution in [1.82, 2.24) is 20.5 Å². The van der Waals surface area contributed by atoms with Gasteiger partial charge in [0.25, 0.3) is 0 Å². The second kappa shape index (κ2) is 10.9. The third-order valence-electron chi connectivity index (χ3n) is 4.08. The molecule has 3 rings (SSSR count). The lowest BCUT2D eigenvalue weighted by Crippen LogP contribution is -2.29. The summed E-state index contributed by atoms with van der Waals surface area (Å²) >= 11 is 3.43. The second-order valence-electron chi connectivity index (χ2n) is 6.17. The quantitative estimate of drug-likeness (QED) is 0.609. The predicted molar refractivity (Wildman–Crippen MR) is 115 cm³/mol. The predicted octanol–water partition coefficient (Wildman–Crippen LogP) is 2.69. The maximum Gasteiger partial charge on any atom is 0.407 e. The second-order valence-corrected chi connectivity index (χ2v) is 8.22. The van der Waals surface area contributed by atoms with E-state index in [4.69, 9.17) is 9.72 Å². The van der Waals surface area contributed by atoms with Crippen LogP contribution in [0.4, 0.5) is 4.79 Å². The molecule has 0 bridgehead atoms. The normalized spacial score (nSPS) is 14.9. The van der Waals surface area contributed by atoms with Gasteiger partial charge in [0.15, 0.2) is 5.96 Å². The molecule has 150 valence electrons. The zero-order valence-corrected chi connectivity index (χ0v) is 17.5. The number of thiazole rings is 1. The molecule has 1 aliphatic heterocycles. The number of carbonyl (C=O) groups is 1. The molecule has 0 unspecified atom stereocenters. The molecule has 2 N–H and O–H groups in total. The molecule has 2 aromatic rings. The number of nitrogens with one attached hydrogen (secondary N) is 2. The number of thioether (sulfide) groups is 1. The molecule has 1 saturated heterocycles. The Balaban J connectivity index is 1.28. The van der Waals surface area contributed by atoms with Gasteiger partial charge in [0.05, 0.1) is 12.2 Å². The van der Waals surface area contributed by atoms with Crippen molar-refractivity contribution in [2.24, 2.45) is 4.99 Å². The van der Waals surface area contributed by atoms with Gasteiger partial charge in [-0.1, -0.05) is 30.3 Å². The highest BCUT2D eigenvalue weighted by Crippen LogP contribution is 2.17. The van der Waals surface area contributed by atoms with E-state index in [-0.39, 0.29) is 6.09 Å². The molecule has 0 aliphatic carbocycles. The van der Waals surface area contributed by atoms with Crippen molar-refractivity contribution < 1.29 is 9.53 Å². The minimum Gasteiger partial charge on any atom is -0.445 e. The van der Waals surface area contributed by atoms with Crippen LogP contribution < -0.4 is 10.6 Å². The van der Waals surface area contributed by atoms with Crippen LogP contribution in [0.25, 0.3) is 0 Å². The van der Waals surface area contributed by atoms with E-state index in [1.54, 1.807) is 30.1 Å². The van der Waals surface area contributed by atoms with Crippen LogP contribution in [0.3, 0.4) is 0 Å². The Kier molecular flexibility index (Phi) is 7.98. The molecule has 1 aliphatic rings. The van der Waals surface area contributed by atoms with E-state index >= 15 is 0 Å². The third kappa shape index (κ3) is 6.42. The Labute approximate surface area is 173 Å². The van der Waals surface area contributed by atoms with Crippen molar-refractivity contribution in [3.63, 3.8) is 0 Å². The van der Waals surface area contributed by atoms with Crippen molar-refractivity contribution in [3.8, 4) is 0 Å². The molecule has 7 nitrogen and oxygen atoms in total. The van der Waals surface area contributed by atoms with E-state index in [2.05, 4.69) is 25.9 Å². The number of hydrogen-bond acceptors (Lipinski definition) is 6. The first-order valence-electron chi connectivity index (χ1n) is 9.16. The topological polar surface area (TPSA) is 78.9 Å². The fourth-order valence-electron chi connectivity index (χ4n) is 2.72. The molecule has 0 atom stereocenters. The summed E-state index contributed by atoms with van der Waals surface area (Å²) in [5.74, 6) is 2.59. The van der Waals surface area contributed by atoms with E-state index < -0.39 is 0 Å². The minimum atomic E-state index is -0.381. The maximum absolute atomic E-state index is 11.7. The zero-order valence-electron chi connectivity index (χ0n) is 15.9. The summed E-state index contributed by atoms with van der Waals surface area (Å²) in [4.78, 5) is 22.9. The van der Waals surface area contributed by atoms with Crippen molar-refractivity contribution in [2.45, 2.75) is 18.9 Å². The lowest BCUT2D eigenvalue weighted by molar-refractivity contribution is 0.140. The van der Waals surface area contributed by atoms with Gasteiger partial charge in [0.2, 0.25) is 0 Å². The average molecular weight is 420 g/mol. The number of hydrogen-bond donors (Lipinski definition) is 2. The highest BCUT2D eigenvalue weighted by molar-refractivity contribution is 7.98. The zero-order chi connectivity index (χ0) is 19.6. The van der Waals surface area contributed by atoms with Gasteiger partial charge in [0.1, 0.15) is 11.6 Å². The van der Waals surface area contributed by atoms with Gasteiger partial charge in [-0.25, -0.2) is 9.78 Å². The molecule has 0 saturated carbocycles. The Morgan fingerprint density at radius 3 is 3.11 bits per heavy atom. The highest BCUT2D eigenvalue weighted by Gasteiger charge is 2.18. The van der Waals surface area contributed by atoms with Gasteiger partial charge in [-0.15, -0.1) is 11.3 Å². The fraction of sp³-hybridized carbons (Fsp3) is 0.421. The van der Waals surface area contributed by atoms with Crippen LogP contribution in [0.1, 0.15) is 16.3 Å². The van der Waals surface area contributed by atoms with Gasteiger partial charge in [0, 0.05) is 43.6 Å². The van der Waals surface area contributed by atoms with E-state index in [1.165, 1.54) is 0 Å². The van der Waals surface area contributed by atoms with Crippen LogP contribution in [0, 0.1) is 0 Å². The van der Waals surface area contributed by atoms with Gasteiger partial charge in [-0.05, 0) is 5.56 Å². The summed E-state index contributed by atoms with van der Waals surface area (Å²) < 4.78 is 5.19. The molecular weight excluding hydrogens is 394 g/mol. The number of alkyl carbamates (subject to hydrolysis) is 1. The summed E-state index contributed by atoms with van der Waals surface area (Å²) in [5.41, 5.74) is 2.06. The first kappa shape index (κ1) is 20.5. The van der Waals surface area contributed by atoms with Crippen molar-refractivity contribution >= 4 is 35.2 Å². The SMILES string of the molecule is CN=C1NCCN1Cc1nc(CSCCNC(=O)OCc2ccccc2)cs1. The van der Waals surface area contributed by atoms with Crippen LogP contribution in [0.2, 0.25) is 0 Å². The van der Waals surface area contributed by atoms with Gasteiger partial charge < -0.3 is 20.3 Å². The molecule has 0 spiro atoms. The number of guanidine groups is 1. The van der Waals surface area contributed by atoms with Crippen LogP contribution >= 0.6 is 23.1 Å². The van der Waals surface area contributed by atoms with E-state index in [0.717, 1.165) is 53.4 Å². The number of amides is 1. The summed E-state index contributed by atoms with van der Waals surface area (Å²) in [7, 11) is 1.80. The molecule has 28 heavy (non-hydrogen) atoms. The number of aromatic nitrogens is 1. The van der Waals surface area contributed by atoms with Crippen LogP contribution in [0.5, 0.6) is 0 Å². The standard InChI is InChI=1S/C19H25N5O2S2/c1-20-18-21-7-9-24(18)11-17-23-16(14-28-17)13-27-10-8-22-19(25)26-12-15-5-3-2-4-6-15/h2-6,14H,7-13H2,1H3,(H,20,21)(H,22,25). The Morgan fingerprint density at radius 2 is 2.29 bits per heavy atom. The van der Waals surface area contributed by atoms with E-state index in [0.29, 0.717) is 13.2 Å². The number of aliphatic imine (C=N–C) groups is 1. The number of rotatable bonds is 9. The molecule has 9 heteroatoms. The Hall–Kier alpha value is -2.26. The first-order chi connectivity index (χ1) is 13.7. The fourth-order valence-corrected chi connectivity index (χ4v) is 4.38. The molecular formula is C19H25N5O2S2. The molecule has 1 fully saturated rings. The minimum absolute atomic E-state index is 0.290. The maximum atomic E-state index is 11.7. The molecule has 1 aromatic heterocycles. The van der Waals surface area contributed by atoms with Crippen molar-refractivity contribution in [1.29, 1.82) is 0 Å². The van der Waals surface area contributed by atoms with Gasteiger partial charge >= 0.3 is 6.09 Å². The number of nitrogens with zero attached hydrogens (tertiary/aromatic N) is 3. The first-order valence-corrected chi connectivity index (χ1v) is 11.2. The molecule has 1 aromatic carbocycles. The molecule has 1 amide bonds. The summed E-state index contributed by atoms with van der Waals surface area (Å²) in [6.07, 6.45) is -0.381. The monoisotopic (exact) mass is 419 g/mol. The van der Waals surface area contributed by atoms with Crippen LogP contribution in [0.15, 0.2) is 40.7 Å². The Morgan fingerprint density at radius 1 is 1.43 bits per heavy atom. The van der Waals surface area contributed by atoms with Crippen LogP contribution in [-0.2, 0) is 23.6 Å². The number of ether oxygens (including phenoxy) is 1.